The Bertz CT molecular complexity index is 442. The number of rotatable bonds is 3. The molecule has 0 spiro atoms. The van der Waals surface area contributed by atoms with Crippen LogP contribution >= 0.6 is 0 Å². The zero-order valence-corrected chi connectivity index (χ0v) is 8.73. The highest BCUT2D eigenvalue weighted by Crippen LogP contribution is 2.12. The molecule has 0 saturated carbocycles. The summed E-state index contributed by atoms with van der Waals surface area (Å²) in [4.78, 5) is 22.2. The van der Waals surface area contributed by atoms with Gasteiger partial charge < -0.3 is 10.4 Å². The van der Waals surface area contributed by atoms with Crippen LogP contribution in [-0.4, -0.2) is 17.0 Å². The molecule has 0 aromatic heterocycles. The lowest BCUT2D eigenvalue weighted by atomic mass is 10.1. The molecule has 0 radical (unpaired) electrons. The van der Waals surface area contributed by atoms with Crippen LogP contribution in [0.2, 0.25) is 0 Å². The summed E-state index contributed by atoms with van der Waals surface area (Å²) in [5, 5.41) is 11.3. The van der Waals surface area contributed by atoms with Gasteiger partial charge in [0.1, 0.15) is 0 Å². The van der Waals surface area contributed by atoms with Crippen molar-refractivity contribution in [3.05, 3.63) is 35.9 Å². The number of carbonyl (C=O) groups excluding carboxylic acids is 1. The maximum absolute atomic E-state index is 11.2. The number of hydrogen-bond donors (Lipinski definition) is 2. The molecule has 1 amide bonds. The van der Waals surface area contributed by atoms with Crippen LogP contribution in [0.4, 0.5) is 0 Å². The van der Waals surface area contributed by atoms with Gasteiger partial charge in [-0.2, -0.15) is 0 Å². The van der Waals surface area contributed by atoms with Crippen LogP contribution in [0.25, 0.3) is 0 Å². The molecule has 82 valence electrons. The third-order valence-electron chi connectivity index (χ3n) is 1.89. The van der Waals surface area contributed by atoms with Crippen molar-refractivity contribution in [3.8, 4) is 11.8 Å². The van der Waals surface area contributed by atoms with Gasteiger partial charge in [-0.25, -0.2) is 4.79 Å². The summed E-state index contributed by atoms with van der Waals surface area (Å²) >= 11 is 0. The smallest absolute Gasteiger partial charge is 0.330 e. The Morgan fingerprint density at radius 2 is 1.94 bits per heavy atom. The number of carboxylic acids is 1. The lowest BCUT2D eigenvalue weighted by Gasteiger charge is -2.12. The monoisotopic (exact) mass is 217 g/mol. The molecule has 0 saturated heterocycles. The number of benzene rings is 1. The second-order valence-corrected chi connectivity index (χ2v) is 3.03. The van der Waals surface area contributed by atoms with Crippen molar-refractivity contribution >= 4 is 11.9 Å². The number of nitrogens with one attached hydrogen (secondary N) is 1. The van der Waals surface area contributed by atoms with E-state index in [0.717, 1.165) is 0 Å². The fourth-order valence-electron chi connectivity index (χ4n) is 1.21. The summed E-state index contributed by atoms with van der Waals surface area (Å²) in [5.74, 6) is 2.93. The Kier molecular flexibility index (Phi) is 4.10. The van der Waals surface area contributed by atoms with Crippen LogP contribution in [0.15, 0.2) is 30.3 Å². The third-order valence-corrected chi connectivity index (χ3v) is 1.89. The van der Waals surface area contributed by atoms with Crippen LogP contribution in [-0.2, 0) is 9.59 Å². The molecule has 16 heavy (non-hydrogen) atoms. The summed E-state index contributed by atoms with van der Waals surface area (Å²) in [6.45, 7) is 1.51. The first kappa shape index (κ1) is 11.8. The van der Waals surface area contributed by atoms with Gasteiger partial charge in [0.2, 0.25) is 0 Å². The summed E-state index contributed by atoms with van der Waals surface area (Å²) in [5.41, 5.74) is 0.515. The van der Waals surface area contributed by atoms with Crippen LogP contribution in [0.5, 0.6) is 0 Å². The standard InChI is InChI=1S/C12H11NO3/c1-2-6-10(14)13-11(12(15)16)9-7-4-3-5-8-9/h3-5,7-8,11H,1H3,(H,13,14)(H,15,16)/t11-/m0/s1. The van der Waals surface area contributed by atoms with E-state index >= 15 is 0 Å². The normalized spacial score (nSPS) is 10.8. The number of amides is 1. The van der Waals surface area contributed by atoms with E-state index < -0.39 is 17.9 Å². The lowest BCUT2D eigenvalue weighted by molar-refractivity contribution is -0.141. The third kappa shape index (κ3) is 3.14. The largest absolute Gasteiger partial charge is 0.479 e. The van der Waals surface area contributed by atoms with Gasteiger partial charge in [0.15, 0.2) is 6.04 Å². The molecular formula is C12H11NO3. The van der Waals surface area contributed by atoms with Crippen molar-refractivity contribution in [1.29, 1.82) is 0 Å². The predicted molar refractivity (Wildman–Crippen MR) is 58.4 cm³/mol. The van der Waals surface area contributed by atoms with E-state index in [1.807, 2.05) is 0 Å². The quantitative estimate of drug-likeness (QED) is 0.741. The second kappa shape index (κ2) is 5.56. The molecule has 1 rings (SSSR count). The number of aliphatic carboxylic acids is 1. The average Bonchev–Trinajstić information content (AvgIpc) is 2.27. The molecule has 1 atom stereocenters. The Morgan fingerprint density at radius 3 is 2.44 bits per heavy atom. The van der Waals surface area contributed by atoms with Crippen molar-refractivity contribution in [3.63, 3.8) is 0 Å². The fraction of sp³-hybridized carbons (Fsp3) is 0.167. The number of carboxylic acid groups (broad SMARTS) is 1. The average molecular weight is 217 g/mol. The van der Waals surface area contributed by atoms with Gasteiger partial charge in [-0.3, -0.25) is 4.79 Å². The Labute approximate surface area is 93.3 Å². The van der Waals surface area contributed by atoms with E-state index in [1.54, 1.807) is 30.3 Å². The molecular weight excluding hydrogens is 206 g/mol. The van der Waals surface area contributed by atoms with Gasteiger partial charge in [0.25, 0.3) is 5.91 Å². The van der Waals surface area contributed by atoms with E-state index in [4.69, 9.17) is 5.11 Å². The molecule has 0 bridgehead atoms. The molecule has 4 nitrogen and oxygen atoms in total. The minimum atomic E-state index is -1.11. The van der Waals surface area contributed by atoms with Gasteiger partial charge in [0, 0.05) is 0 Å². The SMILES string of the molecule is CC#CC(=O)N[C@H](C(=O)O)c1ccccc1. The summed E-state index contributed by atoms with van der Waals surface area (Å²) in [6.07, 6.45) is 0. The molecule has 0 aliphatic heterocycles. The van der Waals surface area contributed by atoms with Crippen molar-refractivity contribution in [2.45, 2.75) is 13.0 Å². The van der Waals surface area contributed by atoms with Crippen LogP contribution in [0.1, 0.15) is 18.5 Å². The lowest BCUT2D eigenvalue weighted by Crippen LogP contribution is -2.32. The van der Waals surface area contributed by atoms with E-state index in [9.17, 15) is 9.59 Å². The Morgan fingerprint density at radius 1 is 1.31 bits per heavy atom. The van der Waals surface area contributed by atoms with Crippen molar-refractivity contribution < 1.29 is 14.7 Å². The minimum absolute atomic E-state index is 0.515. The van der Waals surface area contributed by atoms with Crippen LogP contribution in [0, 0.1) is 11.8 Å². The van der Waals surface area contributed by atoms with Gasteiger partial charge in [-0.15, -0.1) is 0 Å². The first-order valence-corrected chi connectivity index (χ1v) is 4.66. The number of hydrogen-bond acceptors (Lipinski definition) is 2. The summed E-state index contributed by atoms with van der Waals surface area (Å²) in [7, 11) is 0. The number of carbonyl (C=O) groups is 2. The van der Waals surface area contributed by atoms with Crippen molar-refractivity contribution in [2.75, 3.05) is 0 Å². The topological polar surface area (TPSA) is 66.4 Å². The van der Waals surface area contributed by atoms with Crippen LogP contribution in [0.3, 0.4) is 0 Å². The highest BCUT2D eigenvalue weighted by molar-refractivity contribution is 5.96. The summed E-state index contributed by atoms with van der Waals surface area (Å²) in [6, 6.07) is 7.41. The Balaban J connectivity index is 2.88. The molecule has 4 heteroatoms. The summed E-state index contributed by atoms with van der Waals surface area (Å²) < 4.78 is 0. The molecule has 2 N–H and O–H groups in total. The van der Waals surface area contributed by atoms with Gasteiger partial charge in [-0.05, 0) is 18.4 Å². The van der Waals surface area contributed by atoms with E-state index in [0.29, 0.717) is 5.56 Å². The zero-order valence-electron chi connectivity index (χ0n) is 8.73. The highest BCUT2D eigenvalue weighted by atomic mass is 16.4. The second-order valence-electron chi connectivity index (χ2n) is 3.03. The van der Waals surface area contributed by atoms with Gasteiger partial charge >= 0.3 is 5.97 Å². The minimum Gasteiger partial charge on any atom is -0.479 e. The zero-order chi connectivity index (χ0) is 12.0. The van der Waals surface area contributed by atoms with Crippen molar-refractivity contribution in [2.24, 2.45) is 0 Å². The van der Waals surface area contributed by atoms with Gasteiger partial charge in [-0.1, -0.05) is 36.3 Å². The van der Waals surface area contributed by atoms with Gasteiger partial charge in [0.05, 0.1) is 0 Å². The maximum atomic E-state index is 11.2. The highest BCUT2D eigenvalue weighted by Gasteiger charge is 2.20. The molecule has 0 fully saturated rings. The molecule has 0 aliphatic carbocycles. The molecule has 0 aliphatic rings. The van der Waals surface area contributed by atoms with E-state index in [2.05, 4.69) is 17.2 Å². The van der Waals surface area contributed by atoms with Crippen molar-refractivity contribution in [1.82, 2.24) is 5.32 Å². The molecule has 1 aromatic rings. The first-order valence-electron chi connectivity index (χ1n) is 4.66. The fourth-order valence-corrected chi connectivity index (χ4v) is 1.21. The molecule has 1 aromatic carbocycles. The van der Waals surface area contributed by atoms with Crippen LogP contribution < -0.4 is 5.32 Å². The predicted octanol–water partition coefficient (Wildman–Crippen LogP) is 0.952. The Hall–Kier alpha value is -2.28. The maximum Gasteiger partial charge on any atom is 0.330 e. The first-order chi connectivity index (χ1) is 7.65. The molecule has 0 heterocycles. The molecule has 0 unspecified atom stereocenters. The van der Waals surface area contributed by atoms with E-state index in [1.165, 1.54) is 6.92 Å². The van der Waals surface area contributed by atoms with E-state index in [-0.39, 0.29) is 0 Å².